The SMILES string of the molecule is C1=CC[C]([Hf]([C]2=CC=CC2)[SiH](c2ccccc2)c2ccccc2)=C1.Cl.Cl. The fourth-order valence-electron chi connectivity index (χ4n) is 3.69. The first-order valence-corrected chi connectivity index (χ1v) is 20.2. The van der Waals surface area contributed by atoms with E-state index >= 15 is 0 Å². The van der Waals surface area contributed by atoms with E-state index in [2.05, 4.69) is 97.1 Å². The average molecular weight is 565 g/mol. The summed E-state index contributed by atoms with van der Waals surface area (Å²) in [6.07, 6.45) is 16.6. The summed E-state index contributed by atoms with van der Waals surface area (Å²) in [4.78, 5) is 0. The number of hydrogen-bond donors (Lipinski definition) is 0. The minimum Gasteiger partial charge on any atom is -0.147 e. The molecule has 0 nitrogen and oxygen atoms in total. The maximum Gasteiger partial charge on any atom is -0.147 e. The summed E-state index contributed by atoms with van der Waals surface area (Å²) >= 11 is -2.10. The topological polar surface area (TPSA) is 0 Å². The normalized spacial score (nSPS) is 14.5. The molecular formula is C22H23Cl2HfSi. The largest absolute Gasteiger partial charge is 0.147 e. The van der Waals surface area contributed by atoms with Gasteiger partial charge in [0.1, 0.15) is 0 Å². The number of hydrogen-bond acceptors (Lipinski definition) is 0. The summed E-state index contributed by atoms with van der Waals surface area (Å²) in [5.41, 5.74) is 0. The maximum atomic E-state index is 2.45. The van der Waals surface area contributed by atoms with Gasteiger partial charge in [0.15, 0.2) is 0 Å². The van der Waals surface area contributed by atoms with Gasteiger partial charge in [-0.1, -0.05) is 0 Å². The summed E-state index contributed by atoms with van der Waals surface area (Å²) in [7, 11) is 0. The van der Waals surface area contributed by atoms with Gasteiger partial charge in [0, 0.05) is 0 Å². The van der Waals surface area contributed by atoms with Gasteiger partial charge >= 0.3 is 154 Å². The van der Waals surface area contributed by atoms with Crippen LogP contribution in [-0.2, 0) is 20.6 Å². The van der Waals surface area contributed by atoms with Crippen LogP contribution in [0.3, 0.4) is 0 Å². The molecule has 2 aliphatic carbocycles. The molecule has 0 atom stereocenters. The van der Waals surface area contributed by atoms with Crippen molar-refractivity contribution in [2.45, 2.75) is 12.8 Å². The molecule has 0 bridgehead atoms. The third kappa shape index (κ3) is 4.67. The molecule has 0 saturated heterocycles. The first-order chi connectivity index (χ1) is 11.9. The van der Waals surface area contributed by atoms with Crippen molar-refractivity contribution < 1.29 is 20.6 Å². The van der Waals surface area contributed by atoms with E-state index in [1.54, 1.807) is 17.0 Å². The fourth-order valence-corrected chi connectivity index (χ4v) is 35.4. The van der Waals surface area contributed by atoms with Crippen LogP contribution in [0.25, 0.3) is 0 Å². The van der Waals surface area contributed by atoms with Crippen LogP contribution in [-0.4, -0.2) is 5.98 Å². The van der Waals surface area contributed by atoms with Crippen LogP contribution in [0.5, 0.6) is 0 Å². The third-order valence-electron chi connectivity index (χ3n) is 4.79. The van der Waals surface area contributed by atoms with E-state index in [9.17, 15) is 0 Å². The molecule has 2 aromatic rings. The van der Waals surface area contributed by atoms with E-state index in [1.165, 1.54) is 12.8 Å². The Hall–Kier alpha value is -0.933. The molecule has 0 aliphatic heterocycles. The van der Waals surface area contributed by atoms with Gasteiger partial charge in [-0.3, -0.25) is 0 Å². The average Bonchev–Trinajstić information content (AvgIpc) is 3.35. The number of benzene rings is 2. The minimum absolute atomic E-state index is 0. The number of allylic oxidation sites excluding steroid dienone is 8. The minimum atomic E-state index is -2.10. The Balaban J connectivity index is 0.00000121. The maximum absolute atomic E-state index is 2.45. The van der Waals surface area contributed by atoms with Gasteiger partial charge < -0.3 is 0 Å². The van der Waals surface area contributed by atoms with Gasteiger partial charge in [-0.25, -0.2) is 0 Å². The van der Waals surface area contributed by atoms with Gasteiger partial charge in [-0.15, -0.1) is 24.8 Å². The van der Waals surface area contributed by atoms with Crippen molar-refractivity contribution in [2.24, 2.45) is 0 Å². The van der Waals surface area contributed by atoms with Crippen LogP contribution in [0.2, 0.25) is 0 Å². The zero-order valence-electron chi connectivity index (χ0n) is 14.5. The molecule has 0 radical (unpaired) electrons. The molecule has 2 aromatic carbocycles. The summed E-state index contributed by atoms with van der Waals surface area (Å²) in [5.74, 6) is -1.18. The first-order valence-electron chi connectivity index (χ1n) is 8.62. The molecular weight excluding hydrogens is 542 g/mol. The second-order valence-electron chi connectivity index (χ2n) is 6.32. The van der Waals surface area contributed by atoms with Crippen LogP contribution in [0.1, 0.15) is 12.8 Å². The molecule has 26 heavy (non-hydrogen) atoms. The molecule has 0 unspecified atom stereocenters. The molecule has 0 N–H and O–H groups in total. The Bertz CT molecular complexity index is 756. The van der Waals surface area contributed by atoms with E-state index in [0.29, 0.717) is 0 Å². The Labute approximate surface area is 177 Å². The van der Waals surface area contributed by atoms with Crippen molar-refractivity contribution >= 4 is 41.2 Å². The van der Waals surface area contributed by atoms with Crippen molar-refractivity contribution in [3.05, 3.63) is 104 Å². The standard InChI is InChI=1S/C12H11Si.2C5H5.2ClH.Hf/c1-3-7-11(8-4-1)13-12-9-5-2-6-10-12;2*1-2-4-5-3-1;;;/h1-10,13H;2*1-3H,4H2;2*1H;. The summed E-state index contributed by atoms with van der Waals surface area (Å²) in [6, 6.07) is 22.8. The quantitative estimate of drug-likeness (QED) is 0.463. The van der Waals surface area contributed by atoms with Gasteiger partial charge in [0.2, 0.25) is 0 Å². The Morgan fingerprint density at radius 1 is 0.615 bits per heavy atom. The molecule has 0 fully saturated rings. The van der Waals surface area contributed by atoms with Gasteiger partial charge in [0.05, 0.1) is 0 Å². The van der Waals surface area contributed by atoms with E-state index in [1.807, 2.05) is 0 Å². The van der Waals surface area contributed by atoms with Crippen LogP contribution in [0, 0.1) is 0 Å². The summed E-state index contributed by atoms with van der Waals surface area (Å²) < 4.78 is 3.61. The zero-order valence-corrected chi connectivity index (χ0v) is 20.9. The molecule has 0 heterocycles. The van der Waals surface area contributed by atoms with Crippen LogP contribution >= 0.6 is 24.8 Å². The molecule has 0 saturated carbocycles. The van der Waals surface area contributed by atoms with Gasteiger partial charge in [-0.2, -0.15) is 0 Å². The Morgan fingerprint density at radius 3 is 1.38 bits per heavy atom. The second-order valence-corrected chi connectivity index (χ2v) is 27.1. The van der Waals surface area contributed by atoms with Crippen LogP contribution in [0.4, 0.5) is 0 Å². The summed E-state index contributed by atoms with van der Waals surface area (Å²) in [5, 5.41) is 3.26. The Kier molecular flexibility index (Phi) is 8.56. The van der Waals surface area contributed by atoms with E-state index < -0.39 is 26.6 Å². The molecule has 0 aromatic heterocycles. The van der Waals surface area contributed by atoms with Gasteiger partial charge in [0.25, 0.3) is 0 Å². The first kappa shape index (κ1) is 21.4. The van der Waals surface area contributed by atoms with Crippen molar-refractivity contribution in [1.82, 2.24) is 0 Å². The number of rotatable bonds is 5. The molecule has 2 aliphatic rings. The van der Waals surface area contributed by atoms with Crippen molar-refractivity contribution in [2.75, 3.05) is 0 Å². The predicted molar refractivity (Wildman–Crippen MR) is 117 cm³/mol. The zero-order chi connectivity index (χ0) is 16.2. The van der Waals surface area contributed by atoms with Crippen molar-refractivity contribution in [1.29, 1.82) is 0 Å². The smallest absolute Gasteiger partial charge is 0.147 e. The van der Waals surface area contributed by atoms with Crippen molar-refractivity contribution in [3.63, 3.8) is 0 Å². The van der Waals surface area contributed by atoms with Crippen molar-refractivity contribution in [3.8, 4) is 0 Å². The van der Waals surface area contributed by atoms with Crippen LogP contribution < -0.4 is 10.4 Å². The van der Waals surface area contributed by atoms with E-state index in [0.717, 1.165) is 0 Å². The van der Waals surface area contributed by atoms with E-state index in [-0.39, 0.29) is 24.8 Å². The number of halogens is 2. The monoisotopic (exact) mass is 565 g/mol. The predicted octanol–water partition coefficient (Wildman–Crippen LogP) is 4.67. The molecule has 4 rings (SSSR count). The summed E-state index contributed by atoms with van der Waals surface area (Å²) in [6.45, 7) is 0. The van der Waals surface area contributed by atoms with E-state index in [4.69, 9.17) is 0 Å². The third-order valence-corrected chi connectivity index (χ3v) is 34.6. The molecule has 0 amide bonds. The fraction of sp³-hybridized carbons (Fsp3) is 0.0909. The second kappa shape index (κ2) is 10.4. The van der Waals surface area contributed by atoms with Crippen LogP contribution in [0.15, 0.2) is 104 Å². The molecule has 133 valence electrons. The Morgan fingerprint density at radius 2 is 1.04 bits per heavy atom. The molecule has 4 heteroatoms. The molecule has 0 spiro atoms. The van der Waals surface area contributed by atoms with Gasteiger partial charge in [-0.05, 0) is 0 Å².